The summed E-state index contributed by atoms with van der Waals surface area (Å²) < 4.78 is 0. The van der Waals surface area contributed by atoms with E-state index in [0.29, 0.717) is 11.8 Å². The highest BCUT2D eigenvalue weighted by Crippen LogP contribution is 2.57. The van der Waals surface area contributed by atoms with Crippen LogP contribution in [0.25, 0.3) is 0 Å². The number of aliphatic hydroxyl groups excluding tert-OH is 1. The molecule has 2 heteroatoms. The normalized spacial score (nSPS) is 58.6. The molecule has 2 nitrogen and oxygen atoms in total. The number of hydrogen-bond donors (Lipinski definition) is 2. The molecule has 4 saturated carbocycles. The lowest BCUT2D eigenvalue weighted by Gasteiger charge is -2.58. The van der Waals surface area contributed by atoms with E-state index < -0.39 is 5.60 Å². The third-order valence-corrected chi connectivity index (χ3v) is 4.81. The maximum atomic E-state index is 10.3. The molecule has 0 aromatic rings. The Hall–Kier alpha value is -0.0800. The van der Waals surface area contributed by atoms with Crippen LogP contribution in [0.2, 0.25) is 0 Å². The van der Waals surface area contributed by atoms with Crippen LogP contribution < -0.4 is 0 Å². The first-order valence-electron chi connectivity index (χ1n) is 5.55. The van der Waals surface area contributed by atoms with Crippen molar-refractivity contribution in [3.8, 4) is 0 Å². The molecular weight excluding hydrogens is 164 g/mol. The second kappa shape index (κ2) is 2.48. The van der Waals surface area contributed by atoms with E-state index in [0.717, 1.165) is 11.8 Å². The van der Waals surface area contributed by atoms with Gasteiger partial charge in [0.15, 0.2) is 0 Å². The minimum atomic E-state index is -0.701. The Bertz CT molecular complexity index is 196. The van der Waals surface area contributed by atoms with Crippen LogP contribution in [0.3, 0.4) is 0 Å². The summed E-state index contributed by atoms with van der Waals surface area (Å²) in [7, 11) is 0. The molecule has 0 unspecified atom stereocenters. The molecule has 2 N–H and O–H groups in total. The topological polar surface area (TPSA) is 40.5 Å². The number of rotatable bonds is 1. The molecule has 4 aliphatic rings. The van der Waals surface area contributed by atoms with Crippen molar-refractivity contribution in [2.75, 3.05) is 6.61 Å². The molecule has 0 spiro atoms. The van der Waals surface area contributed by atoms with E-state index >= 15 is 0 Å². The van der Waals surface area contributed by atoms with Crippen LogP contribution in [-0.4, -0.2) is 22.4 Å². The van der Waals surface area contributed by atoms with Crippen molar-refractivity contribution >= 4 is 0 Å². The SMILES string of the molecule is OCC1(O)C2CC3CC(C2)CC1C3. The van der Waals surface area contributed by atoms with Crippen LogP contribution >= 0.6 is 0 Å². The molecular formula is C11H18O2. The van der Waals surface area contributed by atoms with Gasteiger partial charge in [0.25, 0.3) is 0 Å². The summed E-state index contributed by atoms with van der Waals surface area (Å²) in [4.78, 5) is 0. The third kappa shape index (κ3) is 0.962. The molecule has 74 valence electrons. The molecule has 0 aromatic carbocycles. The van der Waals surface area contributed by atoms with Gasteiger partial charge in [-0.25, -0.2) is 0 Å². The second-order valence-electron chi connectivity index (χ2n) is 5.45. The molecule has 4 rings (SSSR count). The highest BCUT2D eigenvalue weighted by molar-refractivity contribution is 5.06. The molecule has 4 aliphatic carbocycles. The summed E-state index contributed by atoms with van der Waals surface area (Å²) in [6.45, 7) is -0.0121. The Labute approximate surface area is 79.0 Å². The van der Waals surface area contributed by atoms with Crippen molar-refractivity contribution in [2.45, 2.75) is 37.7 Å². The maximum absolute atomic E-state index is 10.3. The maximum Gasteiger partial charge on any atom is 0.0933 e. The Morgan fingerprint density at radius 2 is 1.38 bits per heavy atom. The molecule has 0 radical (unpaired) electrons. The van der Waals surface area contributed by atoms with Gasteiger partial charge in [-0.1, -0.05) is 0 Å². The summed E-state index contributed by atoms with van der Waals surface area (Å²) >= 11 is 0. The van der Waals surface area contributed by atoms with E-state index in [1.165, 1.54) is 32.1 Å². The summed E-state index contributed by atoms with van der Waals surface area (Å²) in [5.41, 5.74) is -0.701. The minimum absolute atomic E-state index is 0.0121. The van der Waals surface area contributed by atoms with Gasteiger partial charge in [-0.3, -0.25) is 0 Å². The van der Waals surface area contributed by atoms with E-state index in [1.54, 1.807) is 0 Å². The fourth-order valence-corrected chi connectivity index (χ4v) is 4.26. The Morgan fingerprint density at radius 3 is 1.77 bits per heavy atom. The van der Waals surface area contributed by atoms with E-state index in [-0.39, 0.29) is 6.61 Å². The first-order chi connectivity index (χ1) is 6.22. The molecule has 4 fully saturated rings. The van der Waals surface area contributed by atoms with Gasteiger partial charge in [-0.2, -0.15) is 0 Å². The zero-order valence-corrected chi connectivity index (χ0v) is 7.95. The summed E-state index contributed by atoms with van der Waals surface area (Å²) in [6.07, 6.45) is 6.08. The largest absolute Gasteiger partial charge is 0.393 e. The van der Waals surface area contributed by atoms with Crippen LogP contribution in [0.15, 0.2) is 0 Å². The fraction of sp³-hybridized carbons (Fsp3) is 1.00. The van der Waals surface area contributed by atoms with Gasteiger partial charge in [0.2, 0.25) is 0 Å². The number of hydrogen-bond acceptors (Lipinski definition) is 2. The molecule has 0 aromatic heterocycles. The van der Waals surface area contributed by atoms with E-state index in [1.807, 2.05) is 0 Å². The van der Waals surface area contributed by atoms with Gasteiger partial charge >= 0.3 is 0 Å². The predicted molar refractivity (Wildman–Crippen MR) is 49.1 cm³/mol. The summed E-state index contributed by atoms with van der Waals surface area (Å²) in [5.74, 6) is 2.56. The van der Waals surface area contributed by atoms with Crippen molar-refractivity contribution in [3.63, 3.8) is 0 Å². The molecule has 4 bridgehead atoms. The lowest BCUT2D eigenvalue weighted by Crippen LogP contribution is -2.59. The average molecular weight is 182 g/mol. The van der Waals surface area contributed by atoms with Gasteiger partial charge < -0.3 is 10.2 Å². The van der Waals surface area contributed by atoms with Crippen LogP contribution in [0, 0.1) is 23.7 Å². The Balaban J connectivity index is 1.93. The van der Waals surface area contributed by atoms with Gasteiger partial charge in [0, 0.05) is 0 Å². The van der Waals surface area contributed by atoms with Crippen molar-refractivity contribution in [2.24, 2.45) is 23.7 Å². The van der Waals surface area contributed by atoms with Crippen LogP contribution in [0.1, 0.15) is 32.1 Å². The quantitative estimate of drug-likeness (QED) is 0.639. The summed E-state index contributed by atoms with van der Waals surface area (Å²) in [6, 6.07) is 0. The molecule has 0 atom stereocenters. The second-order valence-corrected chi connectivity index (χ2v) is 5.45. The standard InChI is InChI=1S/C11H18O2/c12-6-11(13)9-2-7-1-8(4-9)5-10(11)3-7/h7-10,12-13H,1-6H2. The highest BCUT2D eigenvalue weighted by atomic mass is 16.3. The predicted octanol–water partition coefficient (Wildman–Crippen LogP) is 1.17. The van der Waals surface area contributed by atoms with Crippen molar-refractivity contribution < 1.29 is 10.2 Å². The van der Waals surface area contributed by atoms with Gasteiger partial charge in [0.1, 0.15) is 0 Å². The Kier molecular flexibility index (Phi) is 1.58. The van der Waals surface area contributed by atoms with E-state index in [4.69, 9.17) is 0 Å². The Morgan fingerprint density at radius 1 is 0.923 bits per heavy atom. The lowest BCUT2D eigenvalue weighted by atomic mass is 9.50. The van der Waals surface area contributed by atoms with E-state index in [2.05, 4.69) is 0 Å². The monoisotopic (exact) mass is 182 g/mol. The minimum Gasteiger partial charge on any atom is -0.393 e. The summed E-state index contributed by atoms with van der Waals surface area (Å²) in [5, 5.41) is 19.7. The first-order valence-corrected chi connectivity index (χ1v) is 5.55. The average Bonchev–Trinajstić information content (AvgIpc) is 2.13. The third-order valence-electron chi connectivity index (χ3n) is 4.81. The lowest BCUT2D eigenvalue weighted by molar-refractivity contribution is -0.191. The highest BCUT2D eigenvalue weighted by Gasteiger charge is 2.56. The van der Waals surface area contributed by atoms with Crippen molar-refractivity contribution in [1.29, 1.82) is 0 Å². The van der Waals surface area contributed by atoms with Crippen LogP contribution in [-0.2, 0) is 0 Å². The van der Waals surface area contributed by atoms with Crippen molar-refractivity contribution in [3.05, 3.63) is 0 Å². The zero-order valence-electron chi connectivity index (χ0n) is 7.95. The van der Waals surface area contributed by atoms with Crippen molar-refractivity contribution in [1.82, 2.24) is 0 Å². The zero-order chi connectivity index (χ0) is 9.05. The molecule has 0 saturated heterocycles. The van der Waals surface area contributed by atoms with Gasteiger partial charge in [-0.15, -0.1) is 0 Å². The molecule has 0 amide bonds. The van der Waals surface area contributed by atoms with Gasteiger partial charge in [-0.05, 0) is 55.8 Å². The molecule has 0 aliphatic heterocycles. The number of aliphatic hydroxyl groups is 2. The van der Waals surface area contributed by atoms with E-state index in [9.17, 15) is 10.2 Å². The molecule has 0 heterocycles. The fourth-order valence-electron chi connectivity index (χ4n) is 4.26. The van der Waals surface area contributed by atoms with Crippen LogP contribution in [0.5, 0.6) is 0 Å². The molecule has 13 heavy (non-hydrogen) atoms. The first kappa shape index (κ1) is 8.25. The smallest absolute Gasteiger partial charge is 0.0933 e. The van der Waals surface area contributed by atoms with Gasteiger partial charge in [0.05, 0.1) is 12.2 Å². The van der Waals surface area contributed by atoms with Crippen LogP contribution in [0.4, 0.5) is 0 Å².